The maximum atomic E-state index is 12.4. The topological polar surface area (TPSA) is 49.3 Å². The van der Waals surface area contributed by atoms with Crippen LogP contribution in [-0.4, -0.2) is 47.0 Å². The summed E-state index contributed by atoms with van der Waals surface area (Å²) in [6, 6.07) is 10.5. The summed E-state index contributed by atoms with van der Waals surface area (Å²) in [7, 11) is 0. The molecule has 0 radical (unpaired) electrons. The molecule has 0 bridgehead atoms. The lowest BCUT2D eigenvalue weighted by Crippen LogP contribution is -2.50. The van der Waals surface area contributed by atoms with E-state index < -0.39 is 0 Å². The zero-order chi connectivity index (χ0) is 21.3. The van der Waals surface area contributed by atoms with Crippen LogP contribution in [0.1, 0.15) is 35.7 Å². The second kappa shape index (κ2) is 8.72. The van der Waals surface area contributed by atoms with Crippen molar-refractivity contribution in [2.75, 3.05) is 31.1 Å². The Balaban J connectivity index is 1.60. The van der Waals surface area contributed by atoms with Crippen LogP contribution in [0.3, 0.4) is 0 Å². The van der Waals surface area contributed by atoms with Gasteiger partial charge in [0.15, 0.2) is 0 Å². The van der Waals surface area contributed by atoms with Crippen LogP contribution in [0.2, 0.25) is 0 Å². The molecule has 5 nitrogen and oxygen atoms in total. The summed E-state index contributed by atoms with van der Waals surface area (Å²) in [6.07, 6.45) is 1.76. The van der Waals surface area contributed by atoms with E-state index in [0.717, 1.165) is 55.5 Å². The van der Waals surface area contributed by atoms with Crippen molar-refractivity contribution >= 4 is 33.3 Å². The molecular weight excluding hydrogens is 392 g/mol. The SMILES string of the molecule is Cc1sc2nc(CCc3ccccc3)nc(N3CCN(C(=O)C(C)C)CC3)c2c1C. The molecule has 0 spiro atoms. The fourth-order valence-electron chi connectivity index (χ4n) is 4.02. The van der Waals surface area contributed by atoms with Gasteiger partial charge in [-0.05, 0) is 31.4 Å². The van der Waals surface area contributed by atoms with Crippen LogP contribution < -0.4 is 4.90 Å². The molecule has 0 aliphatic carbocycles. The molecule has 3 heterocycles. The Kier molecular flexibility index (Phi) is 6.04. The van der Waals surface area contributed by atoms with Gasteiger partial charge in [-0.15, -0.1) is 11.3 Å². The molecule has 0 atom stereocenters. The molecule has 1 aliphatic heterocycles. The number of fused-ring (bicyclic) bond motifs is 1. The molecule has 3 aromatic rings. The average molecular weight is 423 g/mol. The van der Waals surface area contributed by atoms with E-state index in [-0.39, 0.29) is 11.8 Å². The standard InChI is InChI=1S/C24H30N4OS/c1-16(2)24(29)28-14-12-27(13-15-28)22-21-17(3)18(4)30-23(21)26-20(25-22)11-10-19-8-6-5-7-9-19/h5-9,16H,10-15H2,1-4H3. The number of carbonyl (C=O) groups excluding carboxylic acids is 1. The molecule has 30 heavy (non-hydrogen) atoms. The van der Waals surface area contributed by atoms with E-state index in [4.69, 9.17) is 9.97 Å². The van der Waals surface area contributed by atoms with Gasteiger partial charge in [0.05, 0.1) is 5.39 Å². The van der Waals surface area contributed by atoms with E-state index in [1.54, 1.807) is 11.3 Å². The largest absolute Gasteiger partial charge is 0.352 e. The Hall–Kier alpha value is -2.47. The first kappa shape index (κ1) is 20.8. The van der Waals surface area contributed by atoms with Gasteiger partial charge in [-0.3, -0.25) is 4.79 Å². The quantitative estimate of drug-likeness (QED) is 0.612. The van der Waals surface area contributed by atoms with Crippen molar-refractivity contribution in [1.29, 1.82) is 0 Å². The third kappa shape index (κ3) is 4.19. The van der Waals surface area contributed by atoms with Crippen LogP contribution in [-0.2, 0) is 17.6 Å². The maximum absolute atomic E-state index is 12.4. The van der Waals surface area contributed by atoms with Crippen molar-refractivity contribution in [3.05, 3.63) is 52.2 Å². The van der Waals surface area contributed by atoms with E-state index >= 15 is 0 Å². The number of amides is 1. The first-order valence-electron chi connectivity index (χ1n) is 10.8. The summed E-state index contributed by atoms with van der Waals surface area (Å²) in [5.41, 5.74) is 2.59. The Bertz CT molecular complexity index is 1040. The monoisotopic (exact) mass is 422 g/mol. The van der Waals surface area contributed by atoms with Gasteiger partial charge in [-0.1, -0.05) is 44.2 Å². The van der Waals surface area contributed by atoms with Crippen molar-refractivity contribution in [1.82, 2.24) is 14.9 Å². The molecule has 6 heteroatoms. The summed E-state index contributed by atoms with van der Waals surface area (Å²) >= 11 is 1.76. The van der Waals surface area contributed by atoms with Crippen molar-refractivity contribution < 1.29 is 4.79 Å². The number of aromatic nitrogens is 2. The highest BCUT2D eigenvalue weighted by Gasteiger charge is 2.26. The van der Waals surface area contributed by atoms with Crippen LogP contribution in [0.4, 0.5) is 5.82 Å². The molecule has 1 fully saturated rings. The number of piperazine rings is 1. The minimum absolute atomic E-state index is 0.0497. The lowest BCUT2D eigenvalue weighted by molar-refractivity contribution is -0.134. The molecule has 1 aromatic carbocycles. The van der Waals surface area contributed by atoms with Crippen molar-refractivity contribution in [3.8, 4) is 0 Å². The van der Waals surface area contributed by atoms with Crippen LogP contribution in [0.25, 0.3) is 10.2 Å². The Morgan fingerprint density at radius 2 is 1.73 bits per heavy atom. The van der Waals surface area contributed by atoms with E-state index in [1.165, 1.54) is 21.4 Å². The molecule has 4 rings (SSSR count). The van der Waals surface area contributed by atoms with Crippen molar-refractivity contribution in [2.45, 2.75) is 40.5 Å². The number of nitrogens with zero attached hydrogens (tertiary/aromatic N) is 4. The lowest BCUT2D eigenvalue weighted by atomic mass is 10.1. The fourth-order valence-corrected chi connectivity index (χ4v) is 5.06. The lowest BCUT2D eigenvalue weighted by Gasteiger charge is -2.36. The molecular formula is C24H30N4OS. The number of aryl methyl sites for hydroxylation is 4. The second-order valence-electron chi connectivity index (χ2n) is 8.38. The van der Waals surface area contributed by atoms with Gasteiger partial charge in [0.1, 0.15) is 16.5 Å². The van der Waals surface area contributed by atoms with E-state index in [1.807, 2.05) is 24.8 Å². The molecule has 0 N–H and O–H groups in total. The number of rotatable bonds is 5. The van der Waals surface area contributed by atoms with Gasteiger partial charge < -0.3 is 9.80 Å². The summed E-state index contributed by atoms with van der Waals surface area (Å²) in [5, 5.41) is 1.18. The first-order valence-corrected chi connectivity index (χ1v) is 11.6. The Morgan fingerprint density at radius 1 is 1.03 bits per heavy atom. The third-order valence-electron chi connectivity index (χ3n) is 5.92. The molecule has 0 saturated carbocycles. The number of hydrogen-bond donors (Lipinski definition) is 0. The van der Waals surface area contributed by atoms with Gasteiger partial charge in [-0.25, -0.2) is 9.97 Å². The minimum Gasteiger partial charge on any atom is -0.352 e. The molecule has 1 amide bonds. The number of carbonyl (C=O) groups is 1. The number of anilines is 1. The number of hydrogen-bond acceptors (Lipinski definition) is 5. The Labute approximate surface area is 182 Å². The normalized spacial score (nSPS) is 14.7. The third-order valence-corrected chi connectivity index (χ3v) is 7.02. The van der Waals surface area contributed by atoms with Gasteiger partial charge in [0.25, 0.3) is 0 Å². The molecule has 0 unspecified atom stereocenters. The zero-order valence-corrected chi connectivity index (χ0v) is 19.1. The van der Waals surface area contributed by atoms with Crippen LogP contribution >= 0.6 is 11.3 Å². The predicted octanol–water partition coefficient (Wildman–Crippen LogP) is 4.40. The van der Waals surface area contributed by atoms with Crippen molar-refractivity contribution in [3.63, 3.8) is 0 Å². The maximum Gasteiger partial charge on any atom is 0.225 e. The molecule has 2 aromatic heterocycles. The van der Waals surface area contributed by atoms with Gasteiger partial charge in [0, 0.05) is 43.4 Å². The highest BCUT2D eigenvalue weighted by atomic mass is 32.1. The summed E-state index contributed by atoms with van der Waals surface area (Å²) in [5.74, 6) is 2.24. The van der Waals surface area contributed by atoms with Gasteiger partial charge in [-0.2, -0.15) is 0 Å². The average Bonchev–Trinajstić information content (AvgIpc) is 3.05. The first-order chi connectivity index (χ1) is 14.4. The zero-order valence-electron chi connectivity index (χ0n) is 18.3. The van der Waals surface area contributed by atoms with Gasteiger partial charge >= 0.3 is 0 Å². The Morgan fingerprint density at radius 3 is 2.40 bits per heavy atom. The summed E-state index contributed by atoms with van der Waals surface area (Å²) in [4.78, 5) is 29.0. The molecule has 1 saturated heterocycles. The van der Waals surface area contributed by atoms with Crippen LogP contribution in [0.15, 0.2) is 30.3 Å². The molecule has 1 aliphatic rings. The predicted molar refractivity (Wildman–Crippen MR) is 124 cm³/mol. The number of thiophene rings is 1. The summed E-state index contributed by atoms with van der Waals surface area (Å²) in [6.45, 7) is 11.4. The highest BCUT2D eigenvalue weighted by Crippen LogP contribution is 2.35. The van der Waals surface area contributed by atoms with Crippen LogP contribution in [0.5, 0.6) is 0 Å². The smallest absolute Gasteiger partial charge is 0.225 e. The van der Waals surface area contributed by atoms with E-state index in [0.29, 0.717) is 0 Å². The van der Waals surface area contributed by atoms with Gasteiger partial charge in [0.2, 0.25) is 5.91 Å². The molecule has 158 valence electrons. The number of benzene rings is 1. The van der Waals surface area contributed by atoms with Crippen molar-refractivity contribution in [2.24, 2.45) is 5.92 Å². The highest BCUT2D eigenvalue weighted by molar-refractivity contribution is 7.18. The summed E-state index contributed by atoms with van der Waals surface area (Å²) < 4.78 is 0. The second-order valence-corrected chi connectivity index (χ2v) is 9.58. The van der Waals surface area contributed by atoms with E-state index in [9.17, 15) is 4.79 Å². The fraction of sp³-hybridized carbons (Fsp3) is 0.458. The minimum atomic E-state index is 0.0497. The van der Waals surface area contributed by atoms with Crippen LogP contribution in [0, 0.1) is 19.8 Å². The van der Waals surface area contributed by atoms with E-state index in [2.05, 4.69) is 43.0 Å².